The van der Waals surface area contributed by atoms with E-state index in [1.54, 1.807) is 17.9 Å². The zero-order valence-corrected chi connectivity index (χ0v) is 9.23. The van der Waals surface area contributed by atoms with Gasteiger partial charge in [0.25, 0.3) is 0 Å². The lowest BCUT2D eigenvalue weighted by Gasteiger charge is -2.26. The SMILES string of the molecule is Cc1cc(N2CC(=O)NC(=O)C2)nc(NN)n1. The summed E-state index contributed by atoms with van der Waals surface area (Å²) in [6.45, 7) is 1.95. The third kappa shape index (κ3) is 2.48. The Morgan fingerprint density at radius 1 is 1.35 bits per heavy atom. The Morgan fingerprint density at radius 3 is 2.59 bits per heavy atom. The molecule has 8 nitrogen and oxygen atoms in total. The Hall–Kier alpha value is -2.22. The summed E-state index contributed by atoms with van der Waals surface area (Å²) in [5.74, 6) is 5.28. The summed E-state index contributed by atoms with van der Waals surface area (Å²) < 4.78 is 0. The van der Waals surface area contributed by atoms with Crippen LogP contribution in [0.5, 0.6) is 0 Å². The largest absolute Gasteiger partial charge is 0.338 e. The Labute approximate surface area is 97.2 Å². The first-order chi connectivity index (χ1) is 8.08. The number of nitrogens with two attached hydrogens (primary N) is 1. The van der Waals surface area contributed by atoms with Gasteiger partial charge in [-0.25, -0.2) is 10.8 Å². The number of hydrazine groups is 1. The van der Waals surface area contributed by atoms with Gasteiger partial charge in [-0.3, -0.25) is 20.3 Å². The zero-order valence-electron chi connectivity index (χ0n) is 9.23. The lowest BCUT2D eigenvalue weighted by atomic mass is 10.3. The molecule has 0 atom stereocenters. The monoisotopic (exact) mass is 236 g/mol. The predicted octanol–water partition coefficient (Wildman–Crippen LogP) is -1.47. The van der Waals surface area contributed by atoms with Gasteiger partial charge in [-0.05, 0) is 6.92 Å². The van der Waals surface area contributed by atoms with Crippen molar-refractivity contribution in [3.8, 4) is 0 Å². The smallest absolute Gasteiger partial charge is 0.246 e. The van der Waals surface area contributed by atoms with Crippen LogP contribution >= 0.6 is 0 Å². The molecule has 17 heavy (non-hydrogen) atoms. The van der Waals surface area contributed by atoms with E-state index in [0.717, 1.165) is 0 Å². The number of aromatic nitrogens is 2. The summed E-state index contributed by atoms with van der Waals surface area (Å²) in [5, 5.41) is 2.22. The Balaban J connectivity index is 2.29. The van der Waals surface area contributed by atoms with Gasteiger partial charge < -0.3 is 4.90 Å². The number of hydrogen-bond acceptors (Lipinski definition) is 7. The van der Waals surface area contributed by atoms with Crippen LogP contribution in [-0.4, -0.2) is 34.9 Å². The Kier molecular flexibility index (Phi) is 2.88. The normalized spacial score (nSPS) is 15.8. The Morgan fingerprint density at radius 2 is 2.00 bits per heavy atom. The van der Waals surface area contributed by atoms with Crippen molar-refractivity contribution in [1.82, 2.24) is 15.3 Å². The number of imide groups is 1. The van der Waals surface area contributed by atoms with E-state index >= 15 is 0 Å². The van der Waals surface area contributed by atoms with E-state index in [9.17, 15) is 9.59 Å². The van der Waals surface area contributed by atoms with E-state index in [0.29, 0.717) is 11.5 Å². The molecule has 0 unspecified atom stereocenters. The van der Waals surface area contributed by atoms with Gasteiger partial charge in [0.1, 0.15) is 5.82 Å². The molecule has 2 amide bonds. The second-order valence-corrected chi connectivity index (χ2v) is 3.66. The third-order valence-corrected chi connectivity index (χ3v) is 2.24. The second-order valence-electron chi connectivity index (χ2n) is 3.66. The van der Waals surface area contributed by atoms with Crippen LogP contribution in [-0.2, 0) is 9.59 Å². The van der Waals surface area contributed by atoms with Gasteiger partial charge in [0.2, 0.25) is 17.8 Å². The molecule has 1 aromatic rings. The number of amides is 2. The standard InChI is InChI=1S/C9H12N6O2/c1-5-2-6(12-9(11-5)14-10)15-3-7(16)13-8(17)4-15/h2H,3-4,10H2,1H3,(H,11,12,14)(H,13,16,17). The van der Waals surface area contributed by atoms with Crippen LogP contribution in [0.2, 0.25) is 0 Å². The van der Waals surface area contributed by atoms with Gasteiger partial charge in [-0.2, -0.15) is 4.98 Å². The molecule has 2 rings (SSSR count). The molecule has 0 saturated carbocycles. The summed E-state index contributed by atoms with van der Waals surface area (Å²) in [4.78, 5) is 32.2. The highest BCUT2D eigenvalue weighted by Gasteiger charge is 2.23. The van der Waals surface area contributed by atoms with Gasteiger partial charge in [0, 0.05) is 11.8 Å². The molecular formula is C9H12N6O2. The molecule has 0 aliphatic carbocycles. The van der Waals surface area contributed by atoms with Crippen molar-refractivity contribution >= 4 is 23.6 Å². The number of piperazine rings is 1. The van der Waals surface area contributed by atoms with E-state index in [2.05, 4.69) is 20.7 Å². The number of carbonyl (C=O) groups is 2. The van der Waals surface area contributed by atoms with Crippen molar-refractivity contribution in [2.45, 2.75) is 6.92 Å². The highest BCUT2D eigenvalue weighted by Crippen LogP contribution is 2.15. The lowest BCUT2D eigenvalue weighted by Crippen LogP contribution is -2.51. The van der Waals surface area contributed by atoms with Crippen LogP contribution in [0, 0.1) is 6.92 Å². The molecule has 1 saturated heterocycles. The summed E-state index contributed by atoms with van der Waals surface area (Å²) in [7, 11) is 0. The second kappa shape index (κ2) is 4.34. The molecule has 4 N–H and O–H groups in total. The number of carbonyl (C=O) groups excluding carboxylic acids is 2. The zero-order chi connectivity index (χ0) is 12.4. The van der Waals surface area contributed by atoms with Crippen molar-refractivity contribution in [1.29, 1.82) is 0 Å². The predicted molar refractivity (Wildman–Crippen MR) is 59.9 cm³/mol. The summed E-state index contributed by atoms with van der Waals surface area (Å²) >= 11 is 0. The number of hydrogen-bond donors (Lipinski definition) is 3. The maximum Gasteiger partial charge on any atom is 0.246 e. The number of nitrogens with one attached hydrogen (secondary N) is 2. The molecule has 0 radical (unpaired) electrons. The van der Waals surface area contributed by atoms with E-state index in [1.165, 1.54) is 0 Å². The maximum absolute atomic E-state index is 11.2. The molecule has 8 heteroatoms. The molecular weight excluding hydrogens is 224 g/mol. The molecule has 1 aliphatic heterocycles. The maximum atomic E-state index is 11.2. The number of nitrogen functional groups attached to an aromatic ring is 1. The first-order valence-corrected chi connectivity index (χ1v) is 4.98. The summed E-state index contributed by atoms with van der Waals surface area (Å²) in [5.41, 5.74) is 3.03. The first-order valence-electron chi connectivity index (χ1n) is 4.98. The minimum atomic E-state index is -0.347. The van der Waals surface area contributed by atoms with Crippen molar-refractivity contribution in [3.63, 3.8) is 0 Å². The van der Waals surface area contributed by atoms with E-state index < -0.39 is 0 Å². The molecule has 90 valence electrons. The number of aryl methyl sites for hydroxylation is 1. The summed E-state index contributed by atoms with van der Waals surface area (Å²) in [6.07, 6.45) is 0. The fourth-order valence-corrected chi connectivity index (χ4v) is 1.58. The minimum absolute atomic E-state index is 0.0895. The molecule has 0 bridgehead atoms. The minimum Gasteiger partial charge on any atom is -0.338 e. The third-order valence-electron chi connectivity index (χ3n) is 2.24. The lowest BCUT2D eigenvalue weighted by molar-refractivity contribution is -0.130. The summed E-state index contributed by atoms with van der Waals surface area (Å²) in [6, 6.07) is 1.69. The van der Waals surface area contributed by atoms with Crippen LogP contribution < -0.4 is 21.5 Å². The van der Waals surface area contributed by atoms with Crippen molar-refractivity contribution in [2.24, 2.45) is 5.84 Å². The average molecular weight is 236 g/mol. The van der Waals surface area contributed by atoms with Crippen LogP contribution in [0.25, 0.3) is 0 Å². The van der Waals surface area contributed by atoms with Crippen LogP contribution in [0.4, 0.5) is 11.8 Å². The van der Waals surface area contributed by atoms with Crippen LogP contribution in [0.1, 0.15) is 5.69 Å². The fraction of sp³-hybridized carbons (Fsp3) is 0.333. The van der Waals surface area contributed by atoms with Crippen molar-refractivity contribution in [3.05, 3.63) is 11.8 Å². The molecule has 1 fully saturated rings. The molecule has 2 heterocycles. The van der Waals surface area contributed by atoms with Gasteiger partial charge in [0.15, 0.2) is 0 Å². The van der Waals surface area contributed by atoms with Gasteiger partial charge >= 0.3 is 0 Å². The van der Waals surface area contributed by atoms with Crippen LogP contribution in [0.3, 0.4) is 0 Å². The van der Waals surface area contributed by atoms with Crippen LogP contribution in [0.15, 0.2) is 6.07 Å². The average Bonchev–Trinajstić information content (AvgIpc) is 2.26. The fourth-order valence-electron chi connectivity index (χ4n) is 1.58. The quantitative estimate of drug-likeness (QED) is 0.326. The Bertz CT molecular complexity index is 459. The van der Waals surface area contributed by atoms with Crippen molar-refractivity contribution in [2.75, 3.05) is 23.4 Å². The molecule has 1 aliphatic rings. The van der Waals surface area contributed by atoms with E-state index in [-0.39, 0.29) is 30.9 Å². The number of anilines is 2. The molecule has 0 aromatic carbocycles. The van der Waals surface area contributed by atoms with Crippen molar-refractivity contribution < 1.29 is 9.59 Å². The van der Waals surface area contributed by atoms with Gasteiger partial charge in [-0.1, -0.05) is 0 Å². The van der Waals surface area contributed by atoms with Gasteiger partial charge in [-0.15, -0.1) is 0 Å². The van der Waals surface area contributed by atoms with E-state index in [1.807, 2.05) is 0 Å². The van der Waals surface area contributed by atoms with E-state index in [4.69, 9.17) is 5.84 Å². The number of rotatable bonds is 2. The van der Waals surface area contributed by atoms with Gasteiger partial charge in [0.05, 0.1) is 13.1 Å². The highest BCUT2D eigenvalue weighted by molar-refractivity contribution is 6.02. The molecule has 0 spiro atoms. The first kappa shape index (κ1) is 11.3. The highest BCUT2D eigenvalue weighted by atomic mass is 16.2. The molecule has 1 aromatic heterocycles. The topological polar surface area (TPSA) is 113 Å². The number of nitrogens with zero attached hydrogens (tertiary/aromatic N) is 3.